The maximum Gasteiger partial charge on any atom is 0.0603 e. The molecule has 1 aliphatic carbocycles. The van der Waals surface area contributed by atoms with Crippen LogP contribution in [0.3, 0.4) is 0 Å². The Labute approximate surface area is 130 Å². The van der Waals surface area contributed by atoms with Crippen molar-refractivity contribution in [2.45, 2.75) is 51.7 Å². The number of nitrogens with two attached hydrogens (primary N) is 1. The highest BCUT2D eigenvalue weighted by molar-refractivity contribution is 9.10. The summed E-state index contributed by atoms with van der Waals surface area (Å²) in [6.45, 7) is 5.48. The van der Waals surface area contributed by atoms with E-state index in [2.05, 4.69) is 46.8 Å². The Morgan fingerprint density at radius 1 is 1.30 bits per heavy atom. The molecule has 0 aromatic heterocycles. The van der Waals surface area contributed by atoms with E-state index < -0.39 is 0 Å². The van der Waals surface area contributed by atoms with Crippen molar-refractivity contribution in [3.63, 3.8) is 0 Å². The molecular formula is C16H25BrN2O. The number of nitrogen functional groups attached to an aromatic ring is 1. The second-order valence-electron chi connectivity index (χ2n) is 6.21. The Balaban J connectivity index is 2.22. The van der Waals surface area contributed by atoms with Gasteiger partial charge in [-0.3, -0.25) is 0 Å². The Morgan fingerprint density at radius 3 is 2.50 bits per heavy atom. The molecule has 1 aromatic rings. The smallest absolute Gasteiger partial charge is 0.0603 e. The summed E-state index contributed by atoms with van der Waals surface area (Å²) in [7, 11) is 0. The zero-order chi connectivity index (χ0) is 14.7. The summed E-state index contributed by atoms with van der Waals surface area (Å²) >= 11 is 3.47. The summed E-state index contributed by atoms with van der Waals surface area (Å²) in [5, 5.41) is 9.70. The maximum absolute atomic E-state index is 9.70. The first kappa shape index (κ1) is 15.6. The van der Waals surface area contributed by atoms with Gasteiger partial charge in [0.05, 0.1) is 17.5 Å². The van der Waals surface area contributed by atoms with Crippen molar-refractivity contribution >= 4 is 27.3 Å². The third-order valence-electron chi connectivity index (χ3n) is 3.97. The van der Waals surface area contributed by atoms with Gasteiger partial charge in [0.1, 0.15) is 0 Å². The van der Waals surface area contributed by atoms with Crippen molar-refractivity contribution in [2.75, 3.05) is 17.2 Å². The van der Waals surface area contributed by atoms with Gasteiger partial charge in [0.25, 0.3) is 0 Å². The van der Waals surface area contributed by atoms with E-state index in [1.165, 1.54) is 0 Å². The Hall–Kier alpha value is -0.740. The molecule has 1 aliphatic rings. The predicted octanol–water partition coefficient (Wildman–Crippen LogP) is 3.80. The van der Waals surface area contributed by atoms with Crippen LogP contribution in [0.2, 0.25) is 0 Å². The van der Waals surface area contributed by atoms with Crippen molar-refractivity contribution in [1.82, 2.24) is 0 Å². The van der Waals surface area contributed by atoms with Crippen LogP contribution in [0.4, 0.5) is 11.4 Å². The highest BCUT2D eigenvalue weighted by Crippen LogP contribution is 2.33. The average molecular weight is 341 g/mol. The lowest BCUT2D eigenvalue weighted by Crippen LogP contribution is -2.41. The highest BCUT2D eigenvalue weighted by atomic mass is 79.9. The van der Waals surface area contributed by atoms with Gasteiger partial charge < -0.3 is 15.7 Å². The predicted molar refractivity (Wildman–Crippen MR) is 89.0 cm³/mol. The average Bonchev–Trinajstić information content (AvgIpc) is 2.37. The summed E-state index contributed by atoms with van der Waals surface area (Å²) in [4.78, 5) is 2.44. The lowest BCUT2D eigenvalue weighted by atomic mass is 9.91. The number of aliphatic hydroxyl groups is 1. The van der Waals surface area contributed by atoms with Gasteiger partial charge in [-0.1, -0.05) is 29.8 Å². The number of nitrogens with zero attached hydrogens (tertiary/aromatic N) is 1. The summed E-state index contributed by atoms with van der Waals surface area (Å²) in [5.74, 6) is 0.588. The number of hydrogen-bond donors (Lipinski definition) is 2. The molecule has 0 bridgehead atoms. The molecule has 1 aromatic carbocycles. The number of rotatable bonds is 4. The van der Waals surface area contributed by atoms with Gasteiger partial charge >= 0.3 is 0 Å². The number of aliphatic hydroxyl groups excluding tert-OH is 1. The lowest BCUT2D eigenvalue weighted by Gasteiger charge is -2.39. The molecule has 112 valence electrons. The molecule has 0 saturated heterocycles. The van der Waals surface area contributed by atoms with Crippen LogP contribution in [0.25, 0.3) is 0 Å². The number of halogens is 1. The van der Waals surface area contributed by atoms with Crippen LogP contribution in [-0.4, -0.2) is 23.8 Å². The molecule has 0 amide bonds. The van der Waals surface area contributed by atoms with E-state index in [0.717, 1.165) is 48.1 Å². The zero-order valence-electron chi connectivity index (χ0n) is 12.3. The number of hydrogen-bond acceptors (Lipinski definition) is 3. The van der Waals surface area contributed by atoms with Crippen LogP contribution < -0.4 is 10.6 Å². The van der Waals surface area contributed by atoms with E-state index in [1.54, 1.807) is 0 Å². The highest BCUT2D eigenvalue weighted by Gasteiger charge is 2.26. The second-order valence-corrected chi connectivity index (χ2v) is 7.13. The second kappa shape index (κ2) is 6.81. The topological polar surface area (TPSA) is 49.5 Å². The van der Waals surface area contributed by atoms with Gasteiger partial charge in [0, 0.05) is 17.1 Å². The quantitative estimate of drug-likeness (QED) is 0.819. The fourth-order valence-corrected chi connectivity index (χ4v) is 3.37. The standard InChI is InChI=1S/C16H25BrN2O/c1-11(2)10-19(13-4-6-14(20)7-5-13)16-8-3-12(17)9-15(16)18/h3,8-9,11,13-14,20H,4-7,10,18H2,1-2H3. The van der Waals surface area contributed by atoms with Crippen LogP contribution >= 0.6 is 15.9 Å². The fourth-order valence-electron chi connectivity index (χ4n) is 2.99. The molecule has 0 heterocycles. The molecule has 0 aliphatic heterocycles. The minimum Gasteiger partial charge on any atom is -0.397 e. The van der Waals surface area contributed by atoms with Crippen molar-refractivity contribution in [2.24, 2.45) is 5.92 Å². The van der Waals surface area contributed by atoms with Gasteiger partial charge in [0.15, 0.2) is 0 Å². The molecule has 2 rings (SSSR count). The van der Waals surface area contributed by atoms with Crippen molar-refractivity contribution in [3.8, 4) is 0 Å². The third-order valence-corrected chi connectivity index (χ3v) is 4.46. The minimum absolute atomic E-state index is 0.116. The van der Waals surface area contributed by atoms with Crippen LogP contribution in [0, 0.1) is 5.92 Å². The third kappa shape index (κ3) is 3.89. The molecule has 1 fully saturated rings. The summed E-state index contributed by atoms with van der Waals surface area (Å²) in [6.07, 6.45) is 3.77. The van der Waals surface area contributed by atoms with Gasteiger partial charge in [-0.05, 0) is 49.8 Å². The first-order chi connectivity index (χ1) is 9.47. The van der Waals surface area contributed by atoms with Crippen molar-refractivity contribution in [3.05, 3.63) is 22.7 Å². The minimum atomic E-state index is -0.116. The molecule has 0 spiro atoms. The van der Waals surface area contributed by atoms with Crippen molar-refractivity contribution < 1.29 is 5.11 Å². The van der Waals surface area contributed by atoms with E-state index in [4.69, 9.17) is 5.73 Å². The van der Waals surface area contributed by atoms with Gasteiger partial charge in [0.2, 0.25) is 0 Å². The Bertz CT molecular complexity index is 442. The largest absolute Gasteiger partial charge is 0.397 e. The SMILES string of the molecule is CC(C)CN(c1ccc(Br)cc1N)C1CCC(O)CC1. The molecule has 1 saturated carbocycles. The van der Waals surface area contributed by atoms with Gasteiger partial charge in [-0.15, -0.1) is 0 Å². The monoisotopic (exact) mass is 340 g/mol. The van der Waals surface area contributed by atoms with Crippen LogP contribution in [0.1, 0.15) is 39.5 Å². The summed E-state index contributed by atoms with van der Waals surface area (Å²) in [5.41, 5.74) is 8.16. The number of anilines is 2. The van der Waals surface area contributed by atoms with E-state index in [-0.39, 0.29) is 6.10 Å². The lowest BCUT2D eigenvalue weighted by molar-refractivity contribution is 0.121. The molecule has 4 heteroatoms. The van der Waals surface area contributed by atoms with Crippen LogP contribution in [-0.2, 0) is 0 Å². The summed E-state index contributed by atoms with van der Waals surface area (Å²) in [6, 6.07) is 6.62. The molecule has 0 radical (unpaired) electrons. The first-order valence-corrected chi connectivity index (χ1v) is 8.26. The van der Waals surface area contributed by atoms with E-state index >= 15 is 0 Å². The first-order valence-electron chi connectivity index (χ1n) is 7.47. The van der Waals surface area contributed by atoms with Crippen LogP contribution in [0.5, 0.6) is 0 Å². The normalized spacial score (nSPS) is 23.1. The molecule has 3 N–H and O–H groups in total. The van der Waals surface area contributed by atoms with Crippen LogP contribution in [0.15, 0.2) is 22.7 Å². The Morgan fingerprint density at radius 2 is 1.95 bits per heavy atom. The molecular weight excluding hydrogens is 316 g/mol. The van der Waals surface area contributed by atoms with Gasteiger partial charge in [-0.25, -0.2) is 0 Å². The van der Waals surface area contributed by atoms with Crippen molar-refractivity contribution in [1.29, 1.82) is 0 Å². The summed E-state index contributed by atoms with van der Waals surface area (Å²) < 4.78 is 1.02. The zero-order valence-corrected chi connectivity index (χ0v) is 13.9. The molecule has 20 heavy (non-hydrogen) atoms. The number of benzene rings is 1. The molecule has 3 nitrogen and oxygen atoms in total. The molecule has 0 atom stereocenters. The molecule has 0 unspecified atom stereocenters. The van der Waals surface area contributed by atoms with E-state index in [9.17, 15) is 5.11 Å². The van der Waals surface area contributed by atoms with Gasteiger partial charge in [-0.2, -0.15) is 0 Å². The van der Waals surface area contributed by atoms with E-state index in [1.807, 2.05) is 6.07 Å². The van der Waals surface area contributed by atoms with E-state index in [0.29, 0.717) is 12.0 Å². The maximum atomic E-state index is 9.70. The fraction of sp³-hybridized carbons (Fsp3) is 0.625. The Kier molecular flexibility index (Phi) is 5.33.